The summed E-state index contributed by atoms with van der Waals surface area (Å²) < 4.78 is 11.9. The fourth-order valence-electron chi connectivity index (χ4n) is 2.36. The zero-order valence-electron chi connectivity index (χ0n) is 14.6. The van der Waals surface area contributed by atoms with Gasteiger partial charge in [-0.3, -0.25) is 4.57 Å². The monoisotopic (exact) mass is 392 g/mol. The summed E-state index contributed by atoms with van der Waals surface area (Å²) >= 11 is 3.10. The normalized spacial score (nSPS) is 11.0. The van der Waals surface area contributed by atoms with E-state index >= 15 is 0 Å². The first-order valence-electron chi connectivity index (χ1n) is 8.07. The van der Waals surface area contributed by atoms with Gasteiger partial charge in [-0.25, -0.2) is 14.9 Å². The molecule has 7 nitrogen and oxygen atoms in total. The summed E-state index contributed by atoms with van der Waals surface area (Å²) in [5, 5.41) is 10.3. The molecule has 0 aliphatic rings. The van der Waals surface area contributed by atoms with Crippen LogP contribution in [0.4, 0.5) is 0 Å². The number of aromatic amines is 1. The number of thioether (sulfide) groups is 1. The SMILES string of the molecule is COCCCn1c(SCc2csc(-c3ccc(OC)cc3)n2)n[nH]c1=O. The molecule has 26 heavy (non-hydrogen) atoms. The van der Waals surface area contributed by atoms with Crippen LogP contribution in [0.5, 0.6) is 5.75 Å². The van der Waals surface area contributed by atoms with Gasteiger partial charge in [0.15, 0.2) is 5.16 Å². The number of H-pyrrole nitrogens is 1. The maximum Gasteiger partial charge on any atom is 0.343 e. The van der Waals surface area contributed by atoms with Crippen molar-refractivity contribution in [2.75, 3.05) is 20.8 Å². The first-order valence-corrected chi connectivity index (χ1v) is 9.93. The van der Waals surface area contributed by atoms with Crippen molar-refractivity contribution in [2.24, 2.45) is 0 Å². The molecule has 0 radical (unpaired) electrons. The van der Waals surface area contributed by atoms with E-state index in [1.54, 1.807) is 30.1 Å². The third kappa shape index (κ3) is 4.54. The second-order valence-corrected chi connectivity index (χ2v) is 7.27. The molecule has 9 heteroatoms. The second kappa shape index (κ2) is 9.02. The number of thiazole rings is 1. The average molecular weight is 393 g/mol. The Morgan fingerprint density at radius 1 is 1.27 bits per heavy atom. The Morgan fingerprint density at radius 2 is 2.08 bits per heavy atom. The van der Waals surface area contributed by atoms with Crippen LogP contribution in [0.1, 0.15) is 12.1 Å². The van der Waals surface area contributed by atoms with E-state index in [4.69, 9.17) is 9.47 Å². The van der Waals surface area contributed by atoms with E-state index < -0.39 is 0 Å². The molecule has 2 aromatic heterocycles. The number of hydrogen-bond donors (Lipinski definition) is 1. The second-order valence-electron chi connectivity index (χ2n) is 5.47. The minimum Gasteiger partial charge on any atom is -0.497 e. The smallest absolute Gasteiger partial charge is 0.343 e. The highest BCUT2D eigenvalue weighted by molar-refractivity contribution is 7.98. The average Bonchev–Trinajstić information content (AvgIpc) is 3.28. The molecule has 3 aromatic rings. The zero-order valence-corrected chi connectivity index (χ0v) is 16.2. The van der Waals surface area contributed by atoms with E-state index in [1.165, 1.54) is 11.8 Å². The molecule has 1 aromatic carbocycles. The van der Waals surface area contributed by atoms with Gasteiger partial charge in [0.05, 0.1) is 12.8 Å². The van der Waals surface area contributed by atoms with Crippen LogP contribution in [0.2, 0.25) is 0 Å². The molecule has 0 atom stereocenters. The molecule has 0 aliphatic heterocycles. The van der Waals surface area contributed by atoms with Gasteiger partial charge in [-0.05, 0) is 30.7 Å². The van der Waals surface area contributed by atoms with Crippen LogP contribution in [-0.4, -0.2) is 40.6 Å². The Labute approximate surface area is 159 Å². The predicted octanol–water partition coefficient (Wildman–Crippen LogP) is 3.03. The van der Waals surface area contributed by atoms with Gasteiger partial charge >= 0.3 is 5.69 Å². The van der Waals surface area contributed by atoms with Crippen molar-refractivity contribution in [1.29, 1.82) is 0 Å². The summed E-state index contributed by atoms with van der Waals surface area (Å²) in [7, 11) is 3.30. The number of aromatic nitrogens is 4. The van der Waals surface area contributed by atoms with Gasteiger partial charge in [-0.1, -0.05) is 11.8 Å². The molecule has 0 aliphatic carbocycles. The summed E-state index contributed by atoms with van der Waals surface area (Å²) in [6.45, 7) is 1.19. The Kier molecular flexibility index (Phi) is 6.48. The Morgan fingerprint density at radius 3 is 2.81 bits per heavy atom. The van der Waals surface area contributed by atoms with Crippen LogP contribution in [0.3, 0.4) is 0 Å². The van der Waals surface area contributed by atoms with Gasteiger partial charge in [0.25, 0.3) is 0 Å². The number of hydrogen-bond acceptors (Lipinski definition) is 7. The zero-order chi connectivity index (χ0) is 18.4. The van der Waals surface area contributed by atoms with Crippen molar-refractivity contribution in [3.8, 4) is 16.3 Å². The standard InChI is InChI=1S/C17H20N4O3S2/c1-23-9-3-8-21-16(22)19-20-17(21)26-11-13-10-25-15(18-13)12-4-6-14(24-2)7-5-12/h4-7,10H,3,8-9,11H2,1-2H3,(H,19,22). The number of benzene rings is 1. The molecule has 0 amide bonds. The third-order valence-corrected chi connectivity index (χ3v) is 5.64. The van der Waals surface area contributed by atoms with E-state index in [0.29, 0.717) is 24.1 Å². The maximum atomic E-state index is 11.9. The minimum atomic E-state index is -0.194. The van der Waals surface area contributed by atoms with Crippen LogP contribution < -0.4 is 10.4 Å². The summed E-state index contributed by atoms with van der Waals surface area (Å²) in [5.74, 6) is 1.48. The van der Waals surface area contributed by atoms with Crippen LogP contribution in [0, 0.1) is 0 Å². The number of nitrogens with one attached hydrogen (secondary N) is 1. The van der Waals surface area contributed by atoms with E-state index in [-0.39, 0.29) is 5.69 Å². The molecule has 1 N–H and O–H groups in total. The molecular formula is C17H20N4O3S2. The fraction of sp³-hybridized carbons (Fsp3) is 0.353. The summed E-state index contributed by atoms with van der Waals surface area (Å²) in [4.78, 5) is 16.5. The number of ether oxygens (including phenoxy) is 2. The van der Waals surface area contributed by atoms with Crippen LogP contribution >= 0.6 is 23.1 Å². The first-order chi connectivity index (χ1) is 12.7. The molecule has 0 unspecified atom stereocenters. The predicted molar refractivity (Wildman–Crippen MR) is 103 cm³/mol. The van der Waals surface area contributed by atoms with Crippen LogP contribution in [0.15, 0.2) is 39.6 Å². The molecule has 138 valence electrons. The van der Waals surface area contributed by atoms with Crippen LogP contribution in [0.25, 0.3) is 10.6 Å². The van der Waals surface area contributed by atoms with E-state index in [9.17, 15) is 4.79 Å². The fourth-order valence-corrected chi connectivity index (χ4v) is 4.15. The van der Waals surface area contributed by atoms with E-state index in [1.807, 2.05) is 29.6 Å². The van der Waals surface area contributed by atoms with Crippen LogP contribution in [-0.2, 0) is 17.0 Å². The number of methoxy groups -OCH3 is 2. The topological polar surface area (TPSA) is 82.0 Å². The highest BCUT2D eigenvalue weighted by Gasteiger charge is 2.11. The first kappa shape index (κ1) is 18.7. The largest absolute Gasteiger partial charge is 0.497 e. The molecule has 3 rings (SSSR count). The number of rotatable bonds is 9. The van der Waals surface area contributed by atoms with Gasteiger partial charge in [0.2, 0.25) is 0 Å². The lowest BCUT2D eigenvalue weighted by Crippen LogP contribution is -2.18. The van der Waals surface area contributed by atoms with Gasteiger partial charge < -0.3 is 9.47 Å². The number of nitrogens with zero attached hydrogens (tertiary/aromatic N) is 3. The molecule has 0 bridgehead atoms. The van der Waals surface area contributed by atoms with Crippen molar-refractivity contribution >= 4 is 23.1 Å². The highest BCUT2D eigenvalue weighted by atomic mass is 32.2. The van der Waals surface area contributed by atoms with Gasteiger partial charge in [0, 0.05) is 37.0 Å². The Balaban J connectivity index is 1.64. The lowest BCUT2D eigenvalue weighted by molar-refractivity contribution is 0.189. The molecular weight excluding hydrogens is 372 g/mol. The summed E-state index contributed by atoms with van der Waals surface area (Å²) in [6, 6.07) is 7.84. The maximum absolute atomic E-state index is 11.9. The molecule has 0 fully saturated rings. The summed E-state index contributed by atoms with van der Waals surface area (Å²) in [6.07, 6.45) is 0.766. The van der Waals surface area contributed by atoms with Crippen molar-refractivity contribution < 1.29 is 9.47 Å². The lowest BCUT2D eigenvalue weighted by Gasteiger charge is -2.04. The van der Waals surface area contributed by atoms with Crippen molar-refractivity contribution in [2.45, 2.75) is 23.9 Å². The van der Waals surface area contributed by atoms with Gasteiger partial charge in [-0.2, -0.15) is 0 Å². The third-order valence-electron chi connectivity index (χ3n) is 3.69. The van der Waals surface area contributed by atoms with E-state index in [0.717, 1.165) is 28.4 Å². The molecule has 0 spiro atoms. The summed E-state index contributed by atoms with van der Waals surface area (Å²) in [5.41, 5.74) is 1.83. The Hall–Kier alpha value is -2.10. The lowest BCUT2D eigenvalue weighted by atomic mass is 10.2. The molecule has 0 saturated heterocycles. The van der Waals surface area contributed by atoms with Crippen molar-refractivity contribution in [3.05, 3.63) is 45.8 Å². The van der Waals surface area contributed by atoms with E-state index in [2.05, 4.69) is 15.2 Å². The van der Waals surface area contributed by atoms with Gasteiger partial charge in [-0.15, -0.1) is 16.4 Å². The Bertz CT molecular complexity index is 886. The molecule has 0 saturated carbocycles. The molecule has 2 heterocycles. The van der Waals surface area contributed by atoms with Crippen molar-refractivity contribution in [3.63, 3.8) is 0 Å². The van der Waals surface area contributed by atoms with Crippen molar-refractivity contribution in [1.82, 2.24) is 19.7 Å². The minimum absolute atomic E-state index is 0.194. The highest BCUT2D eigenvalue weighted by Crippen LogP contribution is 2.28. The van der Waals surface area contributed by atoms with Gasteiger partial charge in [0.1, 0.15) is 10.8 Å². The quantitative estimate of drug-likeness (QED) is 0.445.